The van der Waals surface area contributed by atoms with Gasteiger partial charge in [-0.15, -0.1) is 0 Å². The number of aliphatic hydroxyl groups is 1. The molecule has 5 nitrogen and oxygen atoms in total. The van der Waals surface area contributed by atoms with E-state index in [-0.39, 0.29) is 45.2 Å². The van der Waals surface area contributed by atoms with Gasteiger partial charge in [-0.3, -0.25) is 9.59 Å². The summed E-state index contributed by atoms with van der Waals surface area (Å²) in [5, 5.41) is 21.8. The number of carbonyl (C=O) groups is 2. The van der Waals surface area contributed by atoms with Gasteiger partial charge in [0.15, 0.2) is 11.6 Å². The largest absolute Gasteiger partial charge is 0.481 e. The zero-order valence-electron chi connectivity index (χ0n) is 22.5. The van der Waals surface area contributed by atoms with E-state index in [9.17, 15) is 19.8 Å². The highest BCUT2D eigenvalue weighted by Gasteiger charge is 2.76. The summed E-state index contributed by atoms with van der Waals surface area (Å²) < 4.78 is 6.22. The topological polar surface area (TPSA) is 83.8 Å². The normalized spacial score (nSPS) is 53.5. The zero-order chi connectivity index (χ0) is 25.4. The lowest BCUT2D eigenvalue weighted by Crippen LogP contribution is -2.74. The Balaban J connectivity index is 1.50. The molecule has 2 saturated heterocycles. The Morgan fingerprint density at radius 2 is 1.66 bits per heavy atom. The van der Waals surface area contributed by atoms with Crippen LogP contribution in [-0.4, -0.2) is 34.4 Å². The van der Waals surface area contributed by atoms with Crippen LogP contribution in [0.4, 0.5) is 0 Å². The van der Waals surface area contributed by atoms with Crippen molar-refractivity contribution in [2.45, 2.75) is 105 Å². The third-order valence-corrected chi connectivity index (χ3v) is 13.3. The maximum Gasteiger partial charge on any atom is 0.310 e. The number of carbonyl (C=O) groups excluding carboxylic acids is 1. The van der Waals surface area contributed by atoms with E-state index in [0.29, 0.717) is 25.9 Å². The fourth-order valence-corrected chi connectivity index (χ4v) is 10.8. The van der Waals surface area contributed by atoms with Crippen LogP contribution in [0.5, 0.6) is 0 Å². The number of rotatable bonds is 1. The van der Waals surface area contributed by atoms with Gasteiger partial charge >= 0.3 is 5.97 Å². The van der Waals surface area contributed by atoms with Crippen molar-refractivity contribution in [2.75, 3.05) is 6.61 Å². The van der Waals surface area contributed by atoms with E-state index in [1.807, 2.05) is 6.08 Å². The summed E-state index contributed by atoms with van der Waals surface area (Å²) in [6.45, 7) is 13.9. The van der Waals surface area contributed by atoms with Crippen LogP contribution in [0.15, 0.2) is 11.6 Å². The molecule has 7 aliphatic rings. The van der Waals surface area contributed by atoms with Gasteiger partial charge in [-0.25, -0.2) is 0 Å². The standard InChI is InChI=1S/C30H44O5/c1-24(2)9-11-28(23(32)33)12-10-26(5)18(19(28)16-24)15-20(31)22-27(26,6)8-7-21-25(3,4)30(34)14-13-29(21,22)17-35-30/h15,19,21-22,34H,7-14,16-17H2,1-6H3,(H,32,33)/t19-,21-,22-,26+,27+,28-,29+,30-/m0/s1. The Morgan fingerprint density at radius 3 is 2.29 bits per heavy atom. The summed E-state index contributed by atoms with van der Waals surface area (Å²) in [7, 11) is 0. The molecule has 0 aromatic rings. The van der Waals surface area contributed by atoms with Crippen molar-refractivity contribution in [3.63, 3.8) is 0 Å². The van der Waals surface area contributed by atoms with Crippen LogP contribution in [-0.2, 0) is 14.3 Å². The second kappa shape index (κ2) is 6.62. The molecular formula is C30H44O5. The molecule has 5 aliphatic carbocycles. The van der Waals surface area contributed by atoms with Gasteiger partial charge in [0.2, 0.25) is 0 Å². The van der Waals surface area contributed by atoms with Crippen molar-refractivity contribution in [1.29, 1.82) is 0 Å². The number of fused-ring (bicyclic) bond motifs is 7. The molecule has 0 aromatic heterocycles. The first kappa shape index (κ1) is 24.2. The number of aliphatic carboxylic acids is 1. The van der Waals surface area contributed by atoms with Gasteiger partial charge < -0.3 is 14.9 Å². The number of ether oxygens (including phenoxy) is 1. The molecule has 2 heterocycles. The van der Waals surface area contributed by atoms with Gasteiger partial charge in [0.1, 0.15) is 0 Å². The number of carboxylic acid groups (broad SMARTS) is 1. The van der Waals surface area contributed by atoms with E-state index in [2.05, 4.69) is 41.5 Å². The van der Waals surface area contributed by atoms with Crippen LogP contribution in [0, 0.1) is 50.2 Å². The Labute approximate surface area is 210 Å². The van der Waals surface area contributed by atoms with Crippen molar-refractivity contribution in [3.05, 3.63) is 11.6 Å². The summed E-state index contributed by atoms with van der Waals surface area (Å²) >= 11 is 0. The second-order valence-electron chi connectivity index (χ2n) is 15.2. The first-order valence-electron chi connectivity index (χ1n) is 13.9. The van der Waals surface area contributed by atoms with Gasteiger partial charge in [-0.2, -0.15) is 0 Å². The minimum absolute atomic E-state index is 0.0741. The van der Waals surface area contributed by atoms with Crippen molar-refractivity contribution in [3.8, 4) is 0 Å². The second-order valence-corrected chi connectivity index (χ2v) is 15.2. The number of carboxylic acids is 1. The van der Waals surface area contributed by atoms with Crippen LogP contribution in [0.3, 0.4) is 0 Å². The van der Waals surface area contributed by atoms with E-state index in [1.54, 1.807) is 0 Å². The third-order valence-electron chi connectivity index (χ3n) is 13.3. The quantitative estimate of drug-likeness (QED) is 0.495. The van der Waals surface area contributed by atoms with E-state index in [0.717, 1.165) is 44.1 Å². The maximum atomic E-state index is 14.3. The fourth-order valence-electron chi connectivity index (χ4n) is 10.8. The highest BCUT2D eigenvalue weighted by atomic mass is 16.6. The van der Waals surface area contributed by atoms with E-state index in [4.69, 9.17) is 4.74 Å². The van der Waals surface area contributed by atoms with E-state index < -0.39 is 22.6 Å². The SMILES string of the molecule is CC1(C)CC[C@]2(C(=O)O)CC[C@]3(C)C(=CC(=O)[C@@H]4[C@]56CC[C@](O)(OC5)C(C)(C)[C@@H]6CC[C@]43C)[C@@H]2C1. The average molecular weight is 485 g/mol. The highest BCUT2D eigenvalue weighted by Crippen LogP contribution is 2.77. The van der Waals surface area contributed by atoms with Crippen LogP contribution in [0.1, 0.15) is 99.3 Å². The monoisotopic (exact) mass is 484 g/mol. The number of allylic oxidation sites excluding steroid dienone is 2. The van der Waals surface area contributed by atoms with Gasteiger partial charge in [0.05, 0.1) is 12.0 Å². The molecule has 2 N–H and O–H groups in total. The molecule has 0 radical (unpaired) electrons. The number of hydrogen-bond donors (Lipinski definition) is 2. The van der Waals surface area contributed by atoms with Crippen LogP contribution in [0.25, 0.3) is 0 Å². The van der Waals surface area contributed by atoms with Gasteiger partial charge in [0.25, 0.3) is 0 Å². The lowest BCUT2D eigenvalue weighted by Gasteiger charge is -2.74. The Kier molecular flexibility index (Phi) is 4.57. The average Bonchev–Trinajstić information content (AvgIpc) is 2.76. The van der Waals surface area contributed by atoms with Crippen LogP contribution in [0.2, 0.25) is 0 Å². The highest BCUT2D eigenvalue weighted by molar-refractivity contribution is 5.96. The van der Waals surface area contributed by atoms with Crippen molar-refractivity contribution >= 4 is 11.8 Å². The van der Waals surface area contributed by atoms with Gasteiger partial charge in [-0.1, -0.05) is 47.1 Å². The van der Waals surface area contributed by atoms with E-state index in [1.165, 1.54) is 0 Å². The molecule has 5 heteroatoms. The Hall–Kier alpha value is -1.20. The minimum Gasteiger partial charge on any atom is -0.481 e. The van der Waals surface area contributed by atoms with Gasteiger partial charge in [0, 0.05) is 23.2 Å². The third kappa shape index (κ3) is 2.58. The van der Waals surface area contributed by atoms with Crippen LogP contribution < -0.4 is 0 Å². The summed E-state index contributed by atoms with van der Waals surface area (Å²) in [6.07, 6.45) is 9.29. The maximum absolute atomic E-state index is 14.3. The lowest BCUT2D eigenvalue weighted by atomic mass is 9.32. The minimum atomic E-state index is -1.10. The smallest absolute Gasteiger partial charge is 0.310 e. The summed E-state index contributed by atoms with van der Waals surface area (Å²) in [5.41, 5.74) is -0.599. The molecule has 4 saturated carbocycles. The molecule has 8 atom stereocenters. The molecule has 7 rings (SSSR count). The fraction of sp³-hybridized carbons (Fsp3) is 0.867. The molecule has 194 valence electrons. The molecule has 2 aliphatic heterocycles. The first-order chi connectivity index (χ1) is 16.1. The molecule has 0 unspecified atom stereocenters. The predicted molar refractivity (Wildman–Crippen MR) is 132 cm³/mol. The lowest BCUT2D eigenvalue weighted by molar-refractivity contribution is -0.391. The molecule has 6 fully saturated rings. The van der Waals surface area contributed by atoms with Crippen LogP contribution >= 0.6 is 0 Å². The molecular weight excluding hydrogens is 440 g/mol. The van der Waals surface area contributed by atoms with Crippen molar-refractivity contribution < 1.29 is 24.5 Å². The summed E-state index contributed by atoms with van der Waals surface area (Å²) in [4.78, 5) is 27.1. The Morgan fingerprint density at radius 1 is 0.971 bits per heavy atom. The first-order valence-corrected chi connectivity index (χ1v) is 13.9. The van der Waals surface area contributed by atoms with Crippen molar-refractivity contribution in [2.24, 2.45) is 50.2 Å². The molecule has 2 bridgehead atoms. The van der Waals surface area contributed by atoms with Gasteiger partial charge in [-0.05, 0) is 85.5 Å². The summed E-state index contributed by atoms with van der Waals surface area (Å²) in [6, 6.07) is 0. The molecule has 0 aromatic carbocycles. The number of hydrogen-bond acceptors (Lipinski definition) is 4. The molecule has 1 spiro atoms. The Bertz CT molecular complexity index is 1030. The van der Waals surface area contributed by atoms with Crippen molar-refractivity contribution in [1.82, 2.24) is 0 Å². The predicted octanol–water partition coefficient (Wildman–Crippen LogP) is 5.75. The van der Waals surface area contributed by atoms with E-state index >= 15 is 0 Å². The molecule has 35 heavy (non-hydrogen) atoms. The number of ketones is 1. The summed E-state index contributed by atoms with van der Waals surface area (Å²) in [5.74, 6) is -1.54. The molecule has 0 amide bonds. The zero-order valence-corrected chi connectivity index (χ0v) is 22.5.